The van der Waals surface area contributed by atoms with Crippen molar-refractivity contribution in [2.75, 3.05) is 7.11 Å². The number of aromatic nitrogens is 2. The lowest BCUT2D eigenvalue weighted by Gasteiger charge is -2.11. The summed E-state index contributed by atoms with van der Waals surface area (Å²) in [4.78, 5) is 8.11. The maximum absolute atomic E-state index is 10.1. The van der Waals surface area contributed by atoms with E-state index in [2.05, 4.69) is 16.0 Å². The normalized spacial score (nSPS) is 11.3. The van der Waals surface area contributed by atoms with Crippen molar-refractivity contribution < 1.29 is 9.84 Å². The van der Waals surface area contributed by atoms with Crippen LogP contribution in [0.2, 0.25) is 0 Å². The van der Waals surface area contributed by atoms with Crippen LogP contribution in [0.1, 0.15) is 16.7 Å². The van der Waals surface area contributed by atoms with Crippen molar-refractivity contribution in [2.45, 2.75) is 0 Å². The Labute approximate surface area is 134 Å². The van der Waals surface area contributed by atoms with E-state index in [-0.39, 0.29) is 5.75 Å². The molecule has 0 saturated heterocycles. The molecule has 0 radical (unpaired) electrons. The molecular formula is C19H16N2O2. The zero-order chi connectivity index (χ0) is 16.1. The van der Waals surface area contributed by atoms with Gasteiger partial charge in [-0.05, 0) is 64.7 Å². The lowest BCUT2D eigenvalue weighted by atomic mass is 9.96. The van der Waals surface area contributed by atoms with Gasteiger partial charge in [-0.3, -0.25) is 9.97 Å². The van der Waals surface area contributed by atoms with E-state index < -0.39 is 0 Å². The van der Waals surface area contributed by atoms with Crippen LogP contribution in [0.25, 0.3) is 11.6 Å². The van der Waals surface area contributed by atoms with Crippen molar-refractivity contribution in [1.82, 2.24) is 9.97 Å². The lowest BCUT2D eigenvalue weighted by molar-refractivity contribution is 0.373. The Morgan fingerprint density at radius 2 is 1.57 bits per heavy atom. The standard InChI is InChI=1S/C19H16N2O2/c1-23-19-3-2-16(13-18(19)22)17(15-6-10-21-11-7-15)12-14-4-8-20-9-5-14/h2-13,22H,1H3. The number of methoxy groups -OCH3 is 1. The molecule has 0 fully saturated rings. The Morgan fingerprint density at radius 1 is 0.913 bits per heavy atom. The number of hydrogen-bond acceptors (Lipinski definition) is 4. The first-order valence-corrected chi connectivity index (χ1v) is 7.17. The van der Waals surface area contributed by atoms with Gasteiger partial charge in [-0.25, -0.2) is 0 Å². The van der Waals surface area contributed by atoms with Crippen LogP contribution in [0.4, 0.5) is 0 Å². The number of aromatic hydroxyl groups is 1. The van der Waals surface area contributed by atoms with Gasteiger partial charge in [-0.15, -0.1) is 0 Å². The summed E-state index contributed by atoms with van der Waals surface area (Å²) < 4.78 is 5.12. The van der Waals surface area contributed by atoms with E-state index in [1.165, 1.54) is 7.11 Å². The molecule has 0 bridgehead atoms. The van der Waals surface area contributed by atoms with Gasteiger partial charge in [0.2, 0.25) is 0 Å². The Hall–Kier alpha value is -3.14. The Morgan fingerprint density at radius 3 is 2.17 bits per heavy atom. The molecule has 0 atom stereocenters. The number of pyridine rings is 2. The molecule has 1 N–H and O–H groups in total. The number of nitrogens with zero attached hydrogens (tertiary/aromatic N) is 2. The van der Waals surface area contributed by atoms with Crippen LogP contribution in [0.3, 0.4) is 0 Å². The van der Waals surface area contributed by atoms with Crippen molar-refractivity contribution >= 4 is 11.6 Å². The van der Waals surface area contributed by atoms with Crippen molar-refractivity contribution in [3.05, 3.63) is 83.9 Å². The zero-order valence-electron chi connectivity index (χ0n) is 12.7. The van der Waals surface area contributed by atoms with Gasteiger partial charge in [0.25, 0.3) is 0 Å². The summed E-state index contributed by atoms with van der Waals surface area (Å²) in [5.74, 6) is 0.562. The molecule has 0 amide bonds. The predicted molar refractivity (Wildman–Crippen MR) is 90.1 cm³/mol. The van der Waals surface area contributed by atoms with Gasteiger partial charge in [-0.1, -0.05) is 6.07 Å². The van der Waals surface area contributed by atoms with Crippen LogP contribution in [-0.4, -0.2) is 22.2 Å². The van der Waals surface area contributed by atoms with Gasteiger partial charge in [0.05, 0.1) is 7.11 Å². The summed E-state index contributed by atoms with van der Waals surface area (Å²) in [6.07, 6.45) is 9.06. The van der Waals surface area contributed by atoms with Gasteiger partial charge in [0.15, 0.2) is 11.5 Å². The van der Waals surface area contributed by atoms with Gasteiger partial charge >= 0.3 is 0 Å². The fourth-order valence-electron chi connectivity index (χ4n) is 2.35. The van der Waals surface area contributed by atoms with Gasteiger partial charge in [0, 0.05) is 24.8 Å². The molecule has 1 aromatic carbocycles. The van der Waals surface area contributed by atoms with Crippen molar-refractivity contribution in [2.24, 2.45) is 0 Å². The highest BCUT2D eigenvalue weighted by molar-refractivity contribution is 5.91. The van der Waals surface area contributed by atoms with Crippen molar-refractivity contribution in [1.29, 1.82) is 0 Å². The number of hydrogen-bond donors (Lipinski definition) is 1. The second-order valence-electron chi connectivity index (χ2n) is 4.96. The first-order valence-electron chi connectivity index (χ1n) is 7.17. The van der Waals surface area contributed by atoms with Crippen LogP contribution in [0, 0.1) is 0 Å². The van der Waals surface area contributed by atoms with E-state index in [9.17, 15) is 5.11 Å². The molecule has 114 valence electrons. The van der Waals surface area contributed by atoms with E-state index in [4.69, 9.17) is 4.74 Å². The highest BCUT2D eigenvalue weighted by Gasteiger charge is 2.09. The molecule has 0 aliphatic rings. The smallest absolute Gasteiger partial charge is 0.160 e. The van der Waals surface area contributed by atoms with Gasteiger partial charge in [-0.2, -0.15) is 0 Å². The molecule has 0 saturated carbocycles. The molecule has 0 spiro atoms. The second kappa shape index (κ2) is 6.75. The third kappa shape index (κ3) is 3.37. The maximum atomic E-state index is 10.1. The monoisotopic (exact) mass is 304 g/mol. The fraction of sp³-hybridized carbons (Fsp3) is 0.0526. The number of rotatable bonds is 4. The van der Waals surface area contributed by atoms with Crippen LogP contribution in [-0.2, 0) is 0 Å². The molecule has 3 rings (SSSR count). The molecule has 2 heterocycles. The average molecular weight is 304 g/mol. The topological polar surface area (TPSA) is 55.2 Å². The molecule has 0 aliphatic carbocycles. The molecular weight excluding hydrogens is 288 g/mol. The summed E-state index contributed by atoms with van der Waals surface area (Å²) in [6.45, 7) is 0. The average Bonchev–Trinajstić information content (AvgIpc) is 2.61. The molecule has 3 aromatic rings. The van der Waals surface area contributed by atoms with Crippen LogP contribution < -0.4 is 4.74 Å². The summed E-state index contributed by atoms with van der Waals surface area (Å²) in [7, 11) is 1.53. The minimum atomic E-state index is 0.111. The fourth-order valence-corrected chi connectivity index (χ4v) is 2.35. The second-order valence-corrected chi connectivity index (χ2v) is 4.96. The third-order valence-electron chi connectivity index (χ3n) is 3.50. The molecule has 4 nitrogen and oxygen atoms in total. The number of ether oxygens (including phenoxy) is 1. The van der Waals surface area contributed by atoms with Gasteiger partial charge < -0.3 is 9.84 Å². The van der Waals surface area contributed by atoms with E-state index >= 15 is 0 Å². The largest absolute Gasteiger partial charge is 0.504 e. The highest BCUT2D eigenvalue weighted by Crippen LogP contribution is 2.32. The summed E-state index contributed by atoms with van der Waals surface area (Å²) in [6, 6.07) is 13.1. The number of benzene rings is 1. The predicted octanol–water partition coefficient (Wildman–Crippen LogP) is 3.78. The van der Waals surface area contributed by atoms with Crippen molar-refractivity contribution in [3.8, 4) is 11.5 Å². The zero-order valence-corrected chi connectivity index (χ0v) is 12.7. The number of phenolic OH excluding ortho intramolecular Hbond substituents is 1. The lowest BCUT2D eigenvalue weighted by Crippen LogP contribution is -1.91. The van der Waals surface area contributed by atoms with E-state index in [0.717, 1.165) is 22.3 Å². The van der Waals surface area contributed by atoms with Crippen LogP contribution in [0.5, 0.6) is 11.5 Å². The van der Waals surface area contributed by atoms with E-state index in [1.807, 2.05) is 30.3 Å². The third-order valence-corrected chi connectivity index (χ3v) is 3.50. The Kier molecular flexibility index (Phi) is 4.34. The molecule has 2 aromatic heterocycles. The molecule has 4 heteroatoms. The van der Waals surface area contributed by atoms with E-state index in [1.54, 1.807) is 36.9 Å². The Bertz CT molecular complexity index is 815. The quantitative estimate of drug-likeness (QED) is 0.797. The number of phenols is 1. The molecule has 0 unspecified atom stereocenters. The van der Waals surface area contributed by atoms with Crippen LogP contribution in [0.15, 0.2) is 67.3 Å². The Balaban J connectivity index is 2.13. The summed E-state index contributed by atoms with van der Waals surface area (Å²) >= 11 is 0. The highest BCUT2D eigenvalue weighted by atomic mass is 16.5. The molecule has 23 heavy (non-hydrogen) atoms. The van der Waals surface area contributed by atoms with Crippen LogP contribution >= 0.6 is 0 Å². The maximum Gasteiger partial charge on any atom is 0.160 e. The summed E-state index contributed by atoms with van der Waals surface area (Å²) in [5.41, 5.74) is 3.92. The van der Waals surface area contributed by atoms with Crippen molar-refractivity contribution in [3.63, 3.8) is 0 Å². The first-order chi connectivity index (χ1) is 11.3. The minimum Gasteiger partial charge on any atom is -0.504 e. The van der Waals surface area contributed by atoms with E-state index in [0.29, 0.717) is 5.75 Å². The first kappa shape index (κ1) is 14.8. The van der Waals surface area contributed by atoms with Gasteiger partial charge in [0.1, 0.15) is 0 Å². The summed E-state index contributed by atoms with van der Waals surface area (Å²) in [5, 5.41) is 10.1. The minimum absolute atomic E-state index is 0.111. The SMILES string of the molecule is COc1ccc(C(=Cc2ccncc2)c2ccncc2)cc1O. The molecule has 0 aliphatic heterocycles.